The number of benzene rings is 2. The lowest BCUT2D eigenvalue weighted by atomic mass is 10.1. The molecule has 0 spiro atoms. The van der Waals surface area contributed by atoms with E-state index in [1.165, 1.54) is 6.92 Å². The van der Waals surface area contributed by atoms with Gasteiger partial charge in [-0.2, -0.15) is 0 Å². The molecule has 0 saturated heterocycles. The van der Waals surface area contributed by atoms with E-state index in [0.29, 0.717) is 11.4 Å². The highest BCUT2D eigenvalue weighted by molar-refractivity contribution is 5.99. The Morgan fingerprint density at radius 2 is 1.69 bits per heavy atom. The maximum atomic E-state index is 12.0. The van der Waals surface area contributed by atoms with Crippen molar-refractivity contribution < 1.29 is 14.4 Å². The number of amides is 2. The van der Waals surface area contributed by atoms with Crippen LogP contribution in [0.1, 0.15) is 30.5 Å². The van der Waals surface area contributed by atoms with E-state index in [0.717, 1.165) is 22.4 Å². The van der Waals surface area contributed by atoms with Crippen LogP contribution in [0.5, 0.6) is 0 Å². The first kappa shape index (κ1) is 19.2. The molecule has 0 aromatic heterocycles. The molecule has 0 atom stereocenters. The number of rotatable bonds is 6. The number of aryl methyl sites for hydroxylation is 2. The van der Waals surface area contributed by atoms with Gasteiger partial charge in [0.25, 0.3) is 5.91 Å². The molecule has 0 unspecified atom stereocenters. The molecule has 0 heterocycles. The van der Waals surface area contributed by atoms with Crippen LogP contribution >= 0.6 is 0 Å². The van der Waals surface area contributed by atoms with Gasteiger partial charge in [-0.3, -0.25) is 9.59 Å². The predicted octanol–water partition coefficient (Wildman–Crippen LogP) is 3.64. The van der Waals surface area contributed by atoms with Crippen molar-refractivity contribution in [1.82, 2.24) is 0 Å². The third-order valence-corrected chi connectivity index (χ3v) is 3.68. The van der Waals surface area contributed by atoms with Crippen LogP contribution < -0.4 is 10.6 Å². The molecule has 0 bridgehead atoms. The number of anilines is 2. The van der Waals surface area contributed by atoms with E-state index in [9.17, 15) is 9.59 Å². The van der Waals surface area contributed by atoms with Crippen molar-refractivity contribution in [2.75, 3.05) is 17.2 Å². The van der Waals surface area contributed by atoms with Gasteiger partial charge in [-0.1, -0.05) is 35.0 Å². The maximum Gasteiger partial charge on any atom is 0.265 e. The SMILES string of the molecule is CC(=O)Nc1ccc(/C(C)=N/OCC(=O)Nc2ccc(C)cc2C)cc1. The summed E-state index contributed by atoms with van der Waals surface area (Å²) >= 11 is 0. The summed E-state index contributed by atoms with van der Waals surface area (Å²) in [5.41, 5.74) is 5.09. The smallest absolute Gasteiger partial charge is 0.265 e. The largest absolute Gasteiger partial charge is 0.385 e. The molecule has 0 radical (unpaired) electrons. The number of nitrogens with one attached hydrogen (secondary N) is 2. The van der Waals surface area contributed by atoms with Crippen molar-refractivity contribution in [3.05, 3.63) is 59.2 Å². The van der Waals surface area contributed by atoms with E-state index in [1.807, 2.05) is 44.2 Å². The van der Waals surface area contributed by atoms with Crippen molar-refractivity contribution in [1.29, 1.82) is 0 Å². The predicted molar refractivity (Wildman–Crippen MR) is 103 cm³/mol. The van der Waals surface area contributed by atoms with Crippen LogP contribution in [-0.2, 0) is 14.4 Å². The van der Waals surface area contributed by atoms with Crippen molar-refractivity contribution in [2.24, 2.45) is 5.16 Å². The normalized spacial score (nSPS) is 11.0. The average Bonchev–Trinajstić information content (AvgIpc) is 2.57. The lowest BCUT2D eigenvalue weighted by molar-refractivity contribution is -0.120. The molecule has 0 aliphatic heterocycles. The Morgan fingerprint density at radius 3 is 2.31 bits per heavy atom. The molecular weight excluding hydrogens is 330 g/mol. The quantitative estimate of drug-likeness (QED) is 0.614. The van der Waals surface area contributed by atoms with E-state index < -0.39 is 0 Å². The molecule has 2 N–H and O–H groups in total. The number of hydrogen-bond acceptors (Lipinski definition) is 4. The highest BCUT2D eigenvalue weighted by Gasteiger charge is 2.06. The molecule has 6 nitrogen and oxygen atoms in total. The van der Waals surface area contributed by atoms with Crippen LogP contribution in [0.3, 0.4) is 0 Å². The number of oxime groups is 1. The van der Waals surface area contributed by atoms with Gasteiger partial charge < -0.3 is 15.5 Å². The van der Waals surface area contributed by atoms with Crippen LogP contribution in [0.25, 0.3) is 0 Å². The molecule has 2 aromatic carbocycles. The standard InChI is InChI=1S/C20H23N3O3/c1-13-5-10-19(14(2)11-13)22-20(25)12-26-23-15(3)17-6-8-18(9-7-17)21-16(4)24/h5-11H,12H2,1-4H3,(H,21,24)(H,22,25)/b23-15+. The van der Waals surface area contributed by atoms with Gasteiger partial charge in [0.15, 0.2) is 6.61 Å². The van der Waals surface area contributed by atoms with Crippen molar-refractivity contribution >= 4 is 28.9 Å². The molecular formula is C20H23N3O3. The number of carbonyl (C=O) groups is 2. The first-order valence-corrected chi connectivity index (χ1v) is 8.27. The number of nitrogens with zero attached hydrogens (tertiary/aromatic N) is 1. The third-order valence-electron chi connectivity index (χ3n) is 3.68. The summed E-state index contributed by atoms with van der Waals surface area (Å²) in [5.74, 6) is -0.393. The lowest BCUT2D eigenvalue weighted by Crippen LogP contribution is -2.18. The molecule has 2 rings (SSSR count). The number of carbonyl (C=O) groups excluding carboxylic acids is 2. The lowest BCUT2D eigenvalue weighted by Gasteiger charge is -2.09. The van der Waals surface area contributed by atoms with Crippen LogP contribution in [-0.4, -0.2) is 24.1 Å². The minimum absolute atomic E-state index is 0.124. The second-order valence-corrected chi connectivity index (χ2v) is 6.08. The van der Waals surface area contributed by atoms with Crippen molar-refractivity contribution in [3.8, 4) is 0 Å². The molecule has 0 aliphatic carbocycles. The van der Waals surface area contributed by atoms with E-state index in [-0.39, 0.29) is 18.4 Å². The second kappa shape index (κ2) is 8.80. The summed E-state index contributed by atoms with van der Waals surface area (Å²) in [7, 11) is 0. The third kappa shape index (κ3) is 5.73. The van der Waals surface area contributed by atoms with Gasteiger partial charge >= 0.3 is 0 Å². The Bertz CT molecular complexity index is 827. The monoisotopic (exact) mass is 353 g/mol. The summed E-state index contributed by atoms with van der Waals surface area (Å²) < 4.78 is 0. The zero-order chi connectivity index (χ0) is 19.1. The van der Waals surface area contributed by atoms with Crippen molar-refractivity contribution in [3.63, 3.8) is 0 Å². The fourth-order valence-electron chi connectivity index (χ4n) is 2.38. The Kier molecular flexibility index (Phi) is 6.49. The molecule has 2 aromatic rings. The zero-order valence-corrected chi connectivity index (χ0v) is 15.4. The van der Waals surface area contributed by atoms with Crippen LogP contribution in [0.15, 0.2) is 47.6 Å². The fourth-order valence-corrected chi connectivity index (χ4v) is 2.38. The Balaban J connectivity index is 1.88. The molecule has 6 heteroatoms. The highest BCUT2D eigenvalue weighted by Crippen LogP contribution is 2.16. The van der Waals surface area contributed by atoms with Crippen LogP contribution in [0.2, 0.25) is 0 Å². The molecule has 26 heavy (non-hydrogen) atoms. The molecule has 2 amide bonds. The second-order valence-electron chi connectivity index (χ2n) is 6.08. The first-order chi connectivity index (χ1) is 12.3. The zero-order valence-electron chi connectivity index (χ0n) is 15.4. The van der Waals surface area contributed by atoms with E-state index in [4.69, 9.17) is 4.84 Å². The summed E-state index contributed by atoms with van der Waals surface area (Å²) in [4.78, 5) is 28.1. The van der Waals surface area contributed by atoms with Gasteiger partial charge in [-0.05, 0) is 50.1 Å². The van der Waals surface area contributed by atoms with Gasteiger partial charge in [0.1, 0.15) is 0 Å². The molecule has 0 aliphatic rings. The van der Waals surface area contributed by atoms with Crippen molar-refractivity contribution in [2.45, 2.75) is 27.7 Å². The van der Waals surface area contributed by atoms with Crippen LogP contribution in [0, 0.1) is 13.8 Å². The maximum absolute atomic E-state index is 12.0. The minimum atomic E-state index is -0.269. The summed E-state index contributed by atoms with van der Waals surface area (Å²) in [6, 6.07) is 13.0. The highest BCUT2D eigenvalue weighted by atomic mass is 16.6. The van der Waals surface area contributed by atoms with Gasteiger partial charge in [0.2, 0.25) is 5.91 Å². The molecule has 136 valence electrons. The first-order valence-electron chi connectivity index (χ1n) is 8.27. The topological polar surface area (TPSA) is 79.8 Å². The van der Waals surface area contributed by atoms with E-state index in [1.54, 1.807) is 19.1 Å². The summed E-state index contributed by atoms with van der Waals surface area (Å²) in [5, 5.41) is 9.47. The van der Waals surface area contributed by atoms with Gasteiger partial charge in [-0.25, -0.2) is 0 Å². The van der Waals surface area contributed by atoms with E-state index >= 15 is 0 Å². The Morgan fingerprint density at radius 1 is 1.00 bits per heavy atom. The Labute approximate surface area is 153 Å². The summed E-state index contributed by atoms with van der Waals surface area (Å²) in [6.45, 7) is 7.01. The summed E-state index contributed by atoms with van der Waals surface area (Å²) in [6.07, 6.45) is 0. The minimum Gasteiger partial charge on any atom is -0.385 e. The Hall–Kier alpha value is -3.15. The molecule has 0 fully saturated rings. The van der Waals surface area contributed by atoms with E-state index in [2.05, 4.69) is 15.8 Å². The average molecular weight is 353 g/mol. The fraction of sp³-hybridized carbons (Fsp3) is 0.250. The van der Waals surface area contributed by atoms with Gasteiger partial charge in [0.05, 0.1) is 5.71 Å². The van der Waals surface area contributed by atoms with Gasteiger partial charge in [0, 0.05) is 18.3 Å². The number of hydrogen-bond donors (Lipinski definition) is 2. The molecule has 0 saturated carbocycles. The van der Waals surface area contributed by atoms with Gasteiger partial charge in [-0.15, -0.1) is 0 Å². The van der Waals surface area contributed by atoms with Crippen LogP contribution in [0.4, 0.5) is 11.4 Å².